The zero-order chi connectivity index (χ0) is 18.9. The number of likely N-dealkylation sites (N-methyl/N-ethyl adjacent to an activating group) is 1. The molecule has 0 saturated heterocycles. The standard InChI is InChI=1S/C20H28N4OS/c1-5-21-20(24(4)13-12-18-7-6-14-26-18)22-15-16-8-10-17(11-9-16)19(25)23(2)3/h6-11,14H,5,12-13,15H2,1-4H3,(H,21,22). The van der Waals surface area contributed by atoms with E-state index in [1.165, 1.54) is 4.88 Å². The van der Waals surface area contributed by atoms with E-state index in [9.17, 15) is 4.79 Å². The van der Waals surface area contributed by atoms with E-state index in [1.54, 1.807) is 30.3 Å². The summed E-state index contributed by atoms with van der Waals surface area (Å²) in [7, 11) is 5.58. The Morgan fingerprint density at radius 2 is 1.88 bits per heavy atom. The quantitative estimate of drug-likeness (QED) is 0.600. The first-order chi connectivity index (χ1) is 12.5. The van der Waals surface area contributed by atoms with Gasteiger partial charge in [-0.3, -0.25) is 4.79 Å². The Balaban J connectivity index is 1.97. The van der Waals surface area contributed by atoms with Gasteiger partial charge in [0.15, 0.2) is 5.96 Å². The lowest BCUT2D eigenvalue weighted by molar-refractivity contribution is 0.0827. The topological polar surface area (TPSA) is 47.9 Å². The first kappa shape index (κ1) is 20.0. The number of thiophene rings is 1. The molecule has 140 valence electrons. The van der Waals surface area contributed by atoms with Crippen LogP contribution in [-0.4, -0.2) is 55.9 Å². The monoisotopic (exact) mass is 372 g/mol. The Hall–Kier alpha value is -2.34. The van der Waals surface area contributed by atoms with Gasteiger partial charge in [-0.1, -0.05) is 18.2 Å². The highest BCUT2D eigenvalue weighted by Gasteiger charge is 2.08. The molecule has 2 aromatic rings. The summed E-state index contributed by atoms with van der Waals surface area (Å²) in [5.41, 5.74) is 1.78. The van der Waals surface area contributed by atoms with Crippen LogP contribution in [0, 0.1) is 0 Å². The largest absolute Gasteiger partial charge is 0.357 e. The summed E-state index contributed by atoms with van der Waals surface area (Å²) in [5, 5.41) is 5.46. The van der Waals surface area contributed by atoms with Crippen LogP contribution in [0.1, 0.15) is 27.7 Å². The zero-order valence-electron chi connectivity index (χ0n) is 16.0. The summed E-state index contributed by atoms with van der Waals surface area (Å²) >= 11 is 1.79. The Labute approximate surface area is 160 Å². The Morgan fingerprint density at radius 1 is 1.15 bits per heavy atom. The van der Waals surface area contributed by atoms with Crippen molar-refractivity contribution in [1.82, 2.24) is 15.1 Å². The van der Waals surface area contributed by atoms with E-state index in [0.717, 1.165) is 31.0 Å². The molecule has 0 bridgehead atoms. The van der Waals surface area contributed by atoms with Crippen molar-refractivity contribution in [3.05, 3.63) is 57.8 Å². The predicted octanol–water partition coefficient (Wildman–Crippen LogP) is 3.09. The smallest absolute Gasteiger partial charge is 0.253 e. The maximum absolute atomic E-state index is 11.9. The Morgan fingerprint density at radius 3 is 2.46 bits per heavy atom. The number of nitrogens with zero attached hydrogens (tertiary/aromatic N) is 3. The van der Waals surface area contributed by atoms with Crippen molar-refractivity contribution in [2.75, 3.05) is 34.2 Å². The fraction of sp³-hybridized carbons (Fsp3) is 0.400. The predicted molar refractivity (Wildman–Crippen MR) is 110 cm³/mol. The van der Waals surface area contributed by atoms with Gasteiger partial charge in [0, 0.05) is 44.7 Å². The molecule has 0 radical (unpaired) electrons. The third-order valence-electron chi connectivity index (χ3n) is 3.99. The van der Waals surface area contributed by atoms with Crippen molar-refractivity contribution in [3.8, 4) is 0 Å². The van der Waals surface area contributed by atoms with E-state index in [0.29, 0.717) is 12.1 Å². The van der Waals surface area contributed by atoms with Crippen LogP contribution in [0.25, 0.3) is 0 Å². The van der Waals surface area contributed by atoms with Gasteiger partial charge < -0.3 is 15.1 Å². The van der Waals surface area contributed by atoms with E-state index in [-0.39, 0.29) is 5.91 Å². The van der Waals surface area contributed by atoms with E-state index < -0.39 is 0 Å². The molecule has 0 aliphatic heterocycles. The first-order valence-corrected chi connectivity index (χ1v) is 9.71. The third-order valence-corrected chi connectivity index (χ3v) is 4.92. The number of guanidine groups is 1. The Bertz CT molecular complexity index is 708. The van der Waals surface area contributed by atoms with E-state index in [2.05, 4.69) is 41.7 Å². The van der Waals surface area contributed by atoms with Gasteiger partial charge in [-0.15, -0.1) is 11.3 Å². The summed E-state index contributed by atoms with van der Waals surface area (Å²) in [6.07, 6.45) is 1.01. The van der Waals surface area contributed by atoms with Crippen molar-refractivity contribution in [2.45, 2.75) is 19.9 Å². The highest BCUT2D eigenvalue weighted by Crippen LogP contribution is 2.10. The fourth-order valence-electron chi connectivity index (χ4n) is 2.49. The summed E-state index contributed by atoms with van der Waals surface area (Å²) in [6, 6.07) is 11.9. The average molecular weight is 373 g/mol. The molecule has 1 aromatic heterocycles. The summed E-state index contributed by atoms with van der Waals surface area (Å²) < 4.78 is 0. The van der Waals surface area contributed by atoms with Crippen molar-refractivity contribution in [1.29, 1.82) is 0 Å². The van der Waals surface area contributed by atoms with Crippen molar-refractivity contribution >= 4 is 23.2 Å². The number of benzene rings is 1. The maximum atomic E-state index is 11.9. The van der Waals surface area contributed by atoms with Crippen LogP contribution in [-0.2, 0) is 13.0 Å². The number of nitrogens with one attached hydrogen (secondary N) is 1. The second kappa shape index (κ2) is 9.97. The molecule has 26 heavy (non-hydrogen) atoms. The molecular formula is C20H28N4OS. The van der Waals surface area contributed by atoms with Gasteiger partial charge in [0.1, 0.15) is 0 Å². The van der Waals surface area contributed by atoms with Gasteiger partial charge >= 0.3 is 0 Å². The fourth-order valence-corrected chi connectivity index (χ4v) is 3.18. The minimum absolute atomic E-state index is 0.0155. The lowest BCUT2D eigenvalue weighted by Crippen LogP contribution is -2.39. The average Bonchev–Trinajstić information content (AvgIpc) is 3.16. The van der Waals surface area contributed by atoms with Crippen LogP contribution in [0.3, 0.4) is 0 Å². The van der Waals surface area contributed by atoms with E-state index >= 15 is 0 Å². The number of hydrogen-bond acceptors (Lipinski definition) is 3. The number of hydrogen-bond donors (Lipinski definition) is 1. The molecule has 6 heteroatoms. The minimum atomic E-state index is 0.0155. The van der Waals surface area contributed by atoms with Crippen LogP contribution in [0.2, 0.25) is 0 Å². The number of aliphatic imine (C=N–C) groups is 1. The van der Waals surface area contributed by atoms with Crippen LogP contribution >= 0.6 is 11.3 Å². The Kier molecular flexibility index (Phi) is 7.66. The van der Waals surface area contributed by atoms with Gasteiger partial charge in [-0.25, -0.2) is 4.99 Å². The van der Waals surface area contributed by atoms with Crippen LogP contribution < -0.4 is 5.32 Å². The van der Waals surface area contributed by atoms with Crippen molar-refractivity contribution in [2.24, 2.45) is 4.99 Å². The van der Waals surface area contributed by atoms with Crippen LogP contribution in [0.15, 0.2) is 46.8 Å². The molecule has 0 fully saturated rings. The van der Waals surface area contributed by atoms with E-state index in [4.69, 9.17) is 4.99 Å². The van der Waals surface area contributed by atoms with Crippen LogP contribution in [0.5, 0.6) is 0 Å². The summed E-state index contributed by atoms with van der Waals surface area (Å²) in [4.78, 5) is 21.8. The van der Waals surface area contributed by atoms with Gasteiger partial charge in [-0.2, -0.15) is 0 Å². The van der Waals surface area contributed by atoms with Gasteiger partial charge in [0.2, 0.25) is 0 Å². The zero-order valence-corrected chi connectivity index (χ0v) is 16.8. The number of carbonyl (C=O) groups excluding carboxylic acids is 1. The van der Waals surface area contributed by atoms with Gasteiger partial charge in [0.05, 0.1) is 6.54 Å². The maximum Gasteiger partial charge on any atom is 0.253 e. The molecule has 1 amide bonds. The van der Waals surface area contributed by atoms with Gasteiger partial charge in [0.25, 0.3) is 5.91 Å². The molecule has 5 nitrogen and oxygen atoms in total. The molecule has 1 heterocycles. The molecule has 0 spiro atoms. The summed E-state index contributed by atoms with van der Waals surface area (Å²) in [5.74, 6) is 0.916. The molecule has 0 aliphatic carbocycles. The third kappa shape index (κ3) is 5.88. The second-order valence-corrected chi connectivity index (χ2v) is 7.35. The molecule has 0 unspecified atom stereocenters. The number of rotatable bonds is 7. The summed E-state index contributed by atoms with van der Waals surface area (Å²) in [6.45, 7) is 4.41. The number of amides is 1. The minimum Gasteiger partial charge on any atom is -0.357 e. The molecular weight excluding hydrogens is 344 g/mol. The molecule has 2 rings (SSSR count). The molecule has 1 aromatic carbocycles. The molecule has 0 aliphatic rings. The normalized spacial score (nSPS) is 11.3. The highest BCUT2D eigenvalue weighted by molar-refractivity contribution is 7.09. The molecule has 0 saturated carbocycles. The van der Waals surface area contributed by atoms with Crippen molar-refractivity contribution in [3.63, 3.8) is 0 Å². The van der Waals surface area contributed by atoms with Crippen molar-refractivity contribution < 1.29 is 4.79 Å². The molecule has 0 atom stereocenters. The lowest BCUT2D eigenvalue weighted by Gasteiger charge is -2.21. The SMILES string of the molecule is CCNC(=NCc1ccc(C(=O)N(C)C)cc1)N(C)CCc1cccs1. The van der Waals surface area contributed by atoms with E-state index in [1.807, 2.05) is 24.3 Å². The molecule has 1 N–H and O–H groups in total. The van der Waals surface area contributed by atoms with Crippen LogP contribution in [0.4, 0.5) is 0 Å². The second-order valence-electron chi connectivity index (χ2n) is 6.32. The van der Waals surface area contributed by atoms with Gasteiger partial charge in [-0.05, 0) is 42.5 Å². The lowest BCUT2D eigenvalue weighted by atomic mass is 10.1. The first-order valence-electron chi connectivity index (χ1n) is 8.83. The number of carbonyl (C=O) groups is 1. The highest BCUT2D eigenvalue weighted by atomic mass is 32.1.